The Bertz CT molecular complexity index is 809. The van der Waals surface area contributed by atoms with Crippen LogP contribution in [0.15, 0.2) is 36.7 Å². The third kappa shape index (κ3) is 5.40. The summed E-state index contributed by atoms with van der Waals surface area (Å²) in [5, 5.41) is 4.45. The van der Waals surface area contributed by atoms with Crippen molar-refractivity contribution in [3.63, 3.8) is 0 Å². The van der Waals surface area contributed by atoms with Crippen molar-refractivity contribution in [3.05, 3.63) is 53.3 Å². The number of nitrogens with zero attached hydrogens (tertiary/aromatic N) is 3. The van der Waals surface area contributed by atoms with Gasteiger partial charge in [-0.3, -0.25) is 14.4 Å². The molecule has 4 rings (SSSR count). The molecular formula is C26H37N3O. The molecule has 4 nitrogen and oxygen atoms in total. The van der Waals surface area contributed by atoms with E-state index in [9.17, 15) is 4.79 Å². The smallest absolute Gasteiger partial charge is 0.135 e. The Labute approximate surface area is 181 Å². The van der Waals surface area contributed by atoms with Crippen molar-refractivity contribution >= 4 is 5.78 Å². The zero-order valence-corrected chi connectivity index (χ0v) is 18.7. The molecule has 0 radical (unpaired) electrons. The normalized spacial score (nSPS) is 23.5. The maximum absolute atomic E-state index is 11.9. The monoisotopic (exact) mass is 407 g/mol. The minimum Gasteiger partial charge on any atom is -0.299 e. The third-order valence-corrected chi connectivity index (χ3v) is 7.30. The number of carbonyl (C=O) groups is 1. The first-order valence-corrected chi connectivity index (χ1v) is 11.9. The van der Waals surface area contributed by atoms with E-state index < -0.39 is 0 Å². The van der Waals surface area contributed by atoms with E-state index in [1.54, 1.807) is 0 Å². The summed E-state index contributed by atoms with van der Waals surface area (Å²) in [6.07, 6.45) is 11.8. The number of likely N-dealkylation sites (tertiary alicyclic amines) is 1. The first-order valence-electron chi connectivity index (χ1n) is 11.9. The number of hydrogen-bond acceptors (Lipinski definition) is 3. The lowest BCUT2D eigenvalue weighted by Crippen LogP contribution is -2.34. The Hall–Kier alpha value is -1.94. The Kier molecular flexibility index (Phi) is 7.04. The summed E-state index contributed by atoms with van der Waals surface area (Å²) < 4.78 is 2.11. The van der Waals surface area contributed by atoms with Crippen molar-refractivity contribution in [2.24, 2.45) is 11.8 Å². The number of ketones is 1. The van der Waals surface area contributed by atoms with Gasteiger partial charge in [0.1, 0.15) is 5.78 Å². The fraction of sp³-hybridized carbons (Fsp3) is 0.615. The molecule has 0 bridgehead atoms. The largest absolute Gasteiger partial charge is 0.299 e. The molecule has 1 aromatic carbocycles. The van der Waals surface area contributed by atoms with Crippen LogP contribution in [-0.2, 0) is 17.9 Å². The van der Waals surface area contributed by atoms with Crippen LogP contribution >= 0.6 is 0 Å². The molecule has 0 spiro atoms. The maximum atomic E-state index is 11.9. The van der Waals surface area contributed by atoms with Crippen LogP contribution in [0.25, 0.3) is 0 Å². The van der Waals surface area contributed by atoms with Crippen LogP contribution in [0.5, 0.6) is 0 Å². The SMILES string of the molecule is CCC(=O)[C@H]1CC[C@H](c2ccc(CN3CCC(Cn4cc(C)cn4)CC3)cc2)CC1. The van der Waals surface area contributed by atoms with E-state index in [-0.39, 0.29) is 0 Å². The zero-order valence-electron chi connectivity index (χ0n) is 18.7. The van der Waals surface area contributed by atoms with Crippen molar-refractivity contribution < 1.29 is 4.79 Å². The number of aryl methyl sites for hydroxylation is 1. The minimum atomic E-state index is 0.325. The lowest BCUT2D eigenvalue weighted by molar-refractivity contribution is -0.123. The number of carbonyl (C=O) groups excluding carboxylic acids is 1. The number of benzene rings is 1. The number of rotatable bonds is 7. The Morgan fingerprint density at radius 3 is 2.33 bits per heavy atom. The molecule has 30 heavy (non-hydrogen) atoms. The van der Waals surface area contributed by atoms with Gasteiger partial charge in [0.15, 0.2) is 0 Å². The molecule has 0 amide bonds. The highest BCUT2D eigenvalue weighted by Gasteiger charge is 2.26. The lowest BCUT2D eigenvalue weighted by Gasteiger charge is -2.32. The molecule has 0 unspecified atom stereocenters. The van der Waals surface area contributed by atoms with Crippen LogP contribution in [-0.4, -0.2) is 33.6 Å². The van der Waals surface area contributed by atoms with Crippen LogP contribution in [0, 0.1) is 18.8 Å². The Morgan fingerprint density at radius 2 is 1.73 bits per heavy atom. The van der Waals surface area contributed by atoms with Crippen molar-refractivity contribution in [2.45, 2.75) is 77.8 Å². The summed E-state index contributed by atoms with van der Waals surface area (Å²) in [6, 6.07) is 9.35. The standard InChI is InChI=1S/C26H37N3O/c1-3-26(30)25-10-8-24(9-11-25)23-6-4-21(5-7-23)18-28-14-12-22(13-15-28)19-29-17-20(2)16-27-29/h4-7,16-17,22,24-25H,3,8-15,18-19H2,1-2H3/t24-,25-. The highest BCUT2D eigenvalue weighted by Crippen LogP contribution is 2.36. The van der Waals surface area contributed by atoms with Crippen LogP contribution in [0.2, 0.25) is 0 Å². The molecule has 2 heterocycles. The number of Topliss-reactive ketones (excluding diaryl/α,β-unsaturated/α-hetero) is 1. The second-order valence-corrected chi connectivity index (χ2v) is 9.57. The van der Waals surface area contributed by atoms with Gasteiger partial charge in [-0.25, -0.2) is 0 Å². The van der Waals surface area contributed by atoms with E-state index in [0.717, 1.165) is 31.8 Å². The molecule has 1 aliphatic carbocycles. The molecule has 2 fully saturated rings. The lowest BCUT2D eigenvalue weighted by atomic mass is 9.77. The molecular weight excluding hydrogens is 370 g/mol. The minimum absolute atomic E-state index is 0.325. The van der Waals surface area contributed by atoms with E-state index in [0.29, 0.717) is 24.0 Å². The number of aromatic nitrogens is 2. The summed E-state index contributed by atoms with van der Waals surface area (Å²) in [7, 11) is 0. The van der Waals surface area contributed by atoms with Crippen molar-refractivity contribution in [1.29, 1.82) is 0 Å². The van der Waals surface area contributed by atoms with Crippen LogP contribution < -0.4 is 0 Å². The van der Waals surface area contributed by atoms with Gasteiger partial charge in [0, 0.05) is 31.6 Å². The van der Waals surface area contributed by atoms with Gasteiger partial charge in [0.05, 0.1) is 6.20 Å². The topological polar surface area (TPSA) is 38.1 Å². The first-order chi connectivity index (χ1) is 14.6. The molecule has 0 atom stereocenters. The molecule has 2 aromatic rings. The van der Waals surface area contributed by atoms with Crippen LogP contribution in [0.3, 0.4) is 0 Å². The van der Waals surface area contributed by atoms with E-state index >= 15 is 0 Å². The van der Waals surface area contributed by atoms with Gasteiger partial charge in [-0.15, -0.1) is 0 Å². The van der Waals surface area contributed by atoms with Crippen molar-refractivity contribution in [1.82, 2.24) is 14.7 Å². The highest BCUT2D eigenvalue weighted by atomic mass is 16.1. The Balaban J connectivity index is 1.22. The molecule has 162 valence electrons. The quantitative estimate of drug-likeness (QED) is 0.620. The van der Waals surface area contributed by atoms with Gasteiger partial charge in [-0.2, -0.15) is 5.10 Å². The van der Waals surface area contributed by atoms with Gasteiger partial charge in [0.2, 0.25) is 0 Å². The molecule has 1 saturated heterocycles. The fourth-order valence-electron chi connectivity index (χ4n) is 5.35. The van der Waals surface area contributed by atoms with Crippen molar-refractivity contribution in [2.75, 3.05) is 13.1 Å². The number of hydrogen-bond donors (Lipinski definition) is 0. The maximum Gasteiger partial charge on any atom is 0.135 e. The van der Waals surface area contributed by atoms with Crippen LogP contribution in [0.1, 0.15) is 74.5 Å². The predicted molar refractivity (Wildman–Crippen MR) is 121 cm³/mol. The van der Waals surface area contributed by atoms with Gasteiger partial charge >= 0.3 is 0 Å². The summed E-state index contributed by atoms with van der Waals surface area (Å²) >= 11 is 0. The molecule has 1 aliphatic heterocycles. The van der Waals surface area contributed by atoms with Gasteiger partial charge in [-0.1, -0.05) is 31.2 Å². The number of piperidine rings is 1. The summed E-state index contributed by atoms with van der Waals surface area (Å²) in [4.78, 5) is 14.5. The summed E-state index contributed by atoms with van der Waals surface area (Å²) in [5.74, 6) is 2.18. The second kappa shape index (κ2) is 9.91. The highest BCUT2D eigenvalue weighted by molar-refractivity contribution is 5.80. The average Bonchev–Trinajstić information content (AvgIpc) is 3.20. The molecule has 2 aliphatic rings. The third-order valence-electron chi connectivity index (χ3n) is 7.30. The van der Waals surface area contributed by atoms with Gasteiger partial charge in [0.25, 0.3) is 0 Å². The first kappa shape index (κ1) is 21.3. The van der Waals surface area contributed by atoms with Crippen molar-refractivity contribution in [3.8, 4) is 0 Å². The molecule has 1 aromatic heterocycles. The van der Waals surface area contributed by atoms with E-state index in [4.69, 9.17) is 0 Å². The fourth-order valence-corrected chi connectivity index (χ4v) is 5.35. The van der Waals surface area contributed by atoms with E-state index in [2.05, 4.69) is 52.1 Å². The molecule has 0 N–H and O–H groups in total. The molecule has 4 heteroatoms. The summed E-state index contributed by atoms with van der Waals surface area (Å²) in [6.45, 7) is 8.59. The van der Waals surface area contributed by atoms with E-state index in [1.165, 1.54) is 55.5 Å². The van der Waals surface area contributed by atoms with E-state index in [1.807, 2.05) is 13.1 Å². The van der Waals surface area contributed by atoms with Gasteiger partial charge in [-0.05, 0) is 87.1 Å². The van der Waals surface area contributed by atoms with Crippen LogP contribution in [0.4, 0.5) is 0 Å². The predicted octanol–water partition coefficient (Wildman–Crippen LogP) is 5.36. The molecule has 1 saturated carbocycles. The van der Waals surface area contributed by atoms with Gasteiger partial charge < -0.3 is 0 Å². The Morgan fingerprint density at radius 1 is 1.03 bits per heavy atom. The zero-order chi connectivity index (χ0) is 20.9. The summed E-state index contributed by atoms with van der Waals surface area (Å²) in [5.41, 5.74) is 4.14. The average molecular weight is 408 g/mol. The second-order valence-electron chi connectivity index (χ2n) is 9.57.